The Hall–Kier alpha value is 1.78. The van der Waals surface area contributed by atoms with E-state index in [0.717, 1.165) is 0 Å². The van der Waals surface area contributed by atoms with Gasteiger partial charge in [-0.2, -0.15) is 13.7 Å². The predicted octanol–water partition coefficient (Wildman–Crippen LogP) is -3.53. The van der Waals surface area contributed by atoms with E-state index in [2.05, 4.69) is 0 Å². The Bertz CT molecular complexity index is 173. The van der Waals surface area contributed by atoms with Crippen molar-refractivity contribution in [1.29, 1.82) is 5.26 Å². The van der Waals surface area contributed by atoms with Crippen molar-refractivity contribution >= 4 is 10.1 Å². The molecule has 0 amide bonds. The van der Waals surface area contributed by atoms with E-state index in [1.807, 2.05) is 0 Å². The van der Waals surface area contributed by atoms with E-state index in [9.17, 15) is 8.42 Å². The van der Waals surface area contributed by atoms with Crippen LogP contribution in [-0.2, 0) is 32.5 Å². The second-order valence-electron chi connectivity index (χ2n) is 0.566. The van der Waals surface area contributed by atoms with E-state index in [4.69, 9.17) is 9.81 Å². The minimum absolute atomic E-state index is 0. The zero-order valence-corrected chi connectivity index (χ0v) is 10.0. The Kier molecular flexibility index (Phi) is 14.1. The third-order valence-corrected chi connectivity index (χ3v) is 0.346. The Labute approximate surface area is 107 Å². The van der Waals surface area contributed by atoms with Crippen LogP contribution in [-0.4, -0.2) is 13.0 Å². The van der Waals surface area contributed by atoms with Crippen LogP contribution < -0.4 is 51.4 Å². The minimum atomic E-state index is -4.36. The van der Waals surface area contributed by atoms with Crippen molar-refractivity contribution in [3.05, 3.63) is 0 Å². The molecule has 1 N–H and O–H groups in total. The molecule has 47 valence electrons. The van der Waals surface area contributed by atoms with Gasteiger partial charge in [-0.1, -0.05) is 0 Å². The minimum Gasteiger partial charge on any atom is -1.00 e. The molecule has 0 rings (SSSR count). The van der Waals surface area contributed by atoms with Crippen LogP contribution in [0.1, 0.15) is 1.43 Å². The quantitative estimate of drug-likeness (QED) is 0.214. The van der Waals surface area contributed by atoms with Gasteiger partial charge >= 0.3 is 61.5 Å². The molecule has 0 fully saturated rings. The molecule has 0 heterocycles. The van der Waals surface area contributed by atoms with Crippen molar-refractivity contribution in [2.24, 2.45) is 0 Å². The van der Waals surface area contributed by atoms with Crippen LogP contribution in [0.2, 0.25) is 0 Å². The average molecular weight is 344 g/mol. The van der Waals surface area contributed by atoms with E-state index in [1.54, 1.807) is 0 Å². The Morgan fingerprint density at radius 1 is 1.62 bits per heavy atom. The maximum absolute atomic E-state index is 9.19. The molecule has 0 aromatic carbocycles. The van der Waals surface area contributed by atoms with Crippen molar-refractivity contribution in [3.63, 3.8) is 0 Å². The molecule has 0 unspecified atom stereocenters. The standard InChI is InChI=1S/CHNO3S.Au.K.H/c2-1-6(3,4)5;;;/h(H,3,4,5);;;/q;;+1;-1. The predicted molar refractivity (Wildman–Crippen MR) is 18.3 cm³/mol. The Morgan fingerprint density at radius 2 is 1.75 bits per heavy atom. The smallest absolute Gasteiger partial charge is 1.00 e. The number of hydrogen-bond acceptors (Lipinski definition) is 3. The fraction of sp³-hybridized carbons (Fsp3) is 0. The number of rotatable bonds is 0. The van der Waals surface area contributed by atoms with Crippen LogP contribution >= 0.6 is 0 Å². The van der Waals surface area contributed by atoms with Gasteiger partial charge < -0.3 is 1.43 Å². The molecule has 7 heteroatoms. The van der Waals surface area contributed by atoms with Gasteiger partial charge in [0.15, 0.2) is 0 Å². The van der Waals surface area contributed by atoms with Crippen LogP contribution in [0.15, 0.2) is 0 Å². The SMILES string of the molecule is N#CS(=O)(=O)O.[Au].[H-].[K+]. The van der Waals surface area contributed by atoms with Crippen LogP contribution in [0.5, 0.6) is 0 Å². The topological polar surface area (TPSA) is 78.2 Å². The first-order chi connectivity index (χ1) is 2.56. The maximum Gasteiger partial charge on any atom is 1.00 e. The number of nitrogens with zero attached hydrogens (tertiary/aromatic N) is 1. The van der Waals surface area contributed by atoms with Gasteiger partial charge in [-0.05, 0) is 0 Å². The van der Waals surface area contributed by atoms with E-state index in [-0.39, 0.29) is 75.2 Å². The molecule has 0 aliphatic heterocycles. The number of thiocyanates is 1. The molecule has 0 aromatic heterocycles. The molecule has 0 saturated heterocycles. The van der Waals surface area contributed by atoms with Gasteiger partial charge in [0.1, 0.15) is 0 Å². The fourth-order valence-electron chi connectivity index (χ4n) is 0. The van der Waals surface area contributed by atoms with Crippen molar-refractivity contribution in [2.75, 3.05) is 0 Å². The van der Waals surface area contributed by atoms with Crippen molar-refractivity contribution in [1.82, 2.24) is 0 Å². The summed E-state index contributed by atoms with van der Waals surface area (Å²) in [6.45, 7) is 0. The van der Waals surface area contributed by atoms with Crippen molar-refractivity contribution < 1.29 is 88.2 Å². The molecule has 0 aliphatic carbocycles. The molecular weight excluding hydrogens is 342 g/mol. The summed E-state index contributed by atoms with van der Waals surface area (Å²) in [7, 11) is -4.36. The van der Waals surface area contributed by atoms with E-state index in [1.165, 1.54) is 0 Å². The summed E-state index contributed by atoms with van der Waals surface area (Å²) in [5, 5.41) is 7.95. The van der Waals surface area contributed by atoms with Crippen LogP contribution in [0.3, 0.4) is 0 Å². The molecule has 0 aliphatic rings. The van der Waals surface area contributed by atoms with Crippen molar-refractivity contribution in [2.45, 2.75) is 0 Å². The molecule has 4 nitrogen and oxygen atoms in total. The molecule has 1 radical (unpaired) electrons. The first kappa shape index (κ1) is 16.4. The van der Waals surface area contributed by atoms with Gasteiger partial charge in [0.05, 0.1) is 0 Å². The number of hydrogen-bond donors (Lipinski definition) is 1. The second kappa shape index (κ2) is 6.89. The zero-order valence-electron chi connectivity index (χ0n) is 4.92. The summed E-state index contributed by atoms with van der Waals surface area (Å²) in [6, 6.07) is 0. The monoisotopic (exact) mass is 344 g/mol. The average Bonchev–Trinajstić information content (AvgIpc) is 1.35. The van der Waals surface area contributed by atoms with E-state index < -0.39 is 10.1 Å². The molecule has 0 spiro atoms. The molecule has 0 atom stereocenters. The van der Waals surface area contributed by atoms with Crippen LogP contribution in [0.25, 0.3) is 0 Å². The second-order valence-corrected chi connectivity index (χ2v) is 1.70. The summed E-state index contributed by atoms with van der Waals surface area (Å²) in [5.74, 6) is 0. The van der Waals surface area contributed by atoms with Gasteiger partial charge in [-0.25, -0.2) is 0 Å². The van der Waals surface area contributed by atoms with Crippen LogP contribution in [0.4, 0.5) is 0 Å². The number of nitriles is 1. The summed E-state index contributed by atoms with van der Waals surface area (Å²) in [4.78, 5) is 0. The van der Waals surface area contributed by atoms with Gasteiger partial charge in [0, 0.05) is 22.4 Å². The zero-order chi connectivity index (χ0) is 5.21. The molecule has 8 heavy (non-hydrogen) atoms. The summed E-state index contributed by atoms with van der Waals surface area (Å²) >= 11 is 0. The summed E-state index contributed by atoms with van der Waals surface area (Å²) in [6.07, 6.45) is 0. The van der Waals surface area contributed by atoms with Gasteiger partial charge in [0.25, 0.3) is 0 Å². The normalized spacial score (nSPS) is 7.50. The van der Waals surface area contributed by atoms with Gasteiger partial charge in [-0.3, -0.25) is 4.55 Å². The molecule has 0 aromatic rings. The molecule has 0 bridgehead atoms. The third-order valence-electron chi connectivity index (χ3n) is 0.115. The molecule has 0 saturated carbocycles. The van der Waals surface area contributed by atoms with Gasteiger partial charge in [-0.15, -0.1) is 0 Å². The fourth-order valence-corrected chi connectivity index (χ4v) is 0. The van der Waals surface area contributed by atoms with Gasteiger partial charge in [0.2, 0.25) is 5.40 Å². The first-order valence-corrected chi connectivity index (χ1v) is 2.38. The van der Waals surface area contributed by atoms with Crippen molar-refractivity contribution in [3.8, 4) is 5.40 Å². The first-order valence-electron chi connectivity index (χ1n) is 0.944. The Morgan fingerprint density at radius 3 is 1.75 bits per heavy atom. The summed E-state index contributed by atoms with van der Waals surface area (Å²) < 4.78 is 25.8. The third kappa shape index (κ3) is 15.7. The summed E-state index contributed by atoms with van der Waals surface area (Å²) in [5.41, 5.74) is 0. The van der Waals surface area contributed by atoms with E-state index >= 15 is 0 Å². The maximum atomic E-state index is 9.19. The molecular formula is CH2AuKNO3S. The largest absolute Gasteiger partial charge is 1.00 e. The van der Waals surface area contributed by atoms with E-state index in [0.29, 0.717) is 5.40 Å². The van der Waals surface area contributed by atoms with Crippen LogP contribution in [0, 0.1) is 10.7 Å². The Balaban J connectivity index is -0.0000000417.